The summed E-state index contributed by atoms with van der Waals surface area (Å²) in [5.41, 5.74) is 9.69. The number of aromatic nitrogens is 3. The molecule has 0 aliphatic heterocycles. The summed E-state index contributed by atoms with van der Waals surface area (Å²) in [5.74, 6) is -0.422. The van der Waals surface area contributed by atoms with Gasteiger partial charge in [-0.1, -0.05) is 23.2 Å². The Labute approximate surface area is 166 Å². The highest BCUT2D eigenvalue weighted by atomic mass is 35.5. The number of pyridine rings is 1. The van der Waals surface area contributed by atoms with Crippen molar-refractivity contribution in [2.75, 3.05) is 5.32 Å². The van der Waals surface area contributed by atoms with Crippen LogP contribution in [0.4, 0.5) is 5.69 Å². The number of aryl methyl sites for hydroxylation is 2. The number of benzene rings is 1. The van der Waals surface area contributed by atoms with Crippen molar-refractivity contribution in [2.24, 2.45) is 5.73 Å². The number of nitrogens with zero attached hydrogens (tertiary/aromatic N) is 3. The van der Waals surface area contributed by atoms with Crippen LogP contribution in [0, 0.1) is 13.8 Å². The van der Waals surface area contributed by atoms with Gasteiger partial charge in [-0.25, -0.2) is 9.97 Å². The van der Waals surface area contributed by atoms with E-state index in [0.717, 1.165) is 11.3 Å². The van der Waals surface area contributed by atoms with Crippen LogP contribution >= 0.6 is 23.2 Å². The minimum atomic E-state index is -0.441. The van der Waals surface area contributed by atoms with E-state index in [1.807, 2.05) is 19.9 Å². The summed E-state index contributed by atoms with van der Waals surface area (Å²) in [6.45, 7) is 4.03. The molecule has 0 saturated heterocycles. The summed E-state index contributed by atoms with van der Waals surface area (Å²) in [7, 11) is 0. The monoisotopic (exact) mass is 401 g/mol. The number of hydrogen-bond donors (Lipinski definition) is 2. The van der Waals surface area contributed by atoms with Gasteiger partial charge in [0.15, 0.2) is 0 Å². The van der Waals surface area contributed by atoms with Gasteiger partial charge in [0, 0.05) is 23.3 Å². The molecule has 6 nitrogen and oxygen atoms in total. The highest BCUT2D eigenvalue weighted by Crippen LogP contribution is 2.29. The Bertz CT molecular complexity index is 1000. The summed E-state index contributed by atoms with van der Waals surface area (Å²) in [6.07, 6.45) is 1.50. The predicted octanol–water partition coefficient (Wildman–Crippen LogP) is 4.17. The fraction of sp³-hybridized carbons (Fsp3) is 0.158. The van der Waals surface area contributed by atoms with Crippen LogP contribution in [0.5, 0.6) is 0 Å². The average Bonchev–Trinajstić information content (AvgIpc) is 2.66. The molecule has 1 amide bonds. The van der Waals surface area contributed by atoms with Gasteiger partial charge in [-0.3, -0.25) is 9.78 Å². The van der Waals surface area contributed by atoms with Crippen molar-refractivity contribution in [1.82, 2.24) is 15.0 Å². The first kappa shape index (κ1) is 19.2. The molecule has 0 radical (unpaired) electrons. The van der Waals surface area contributed by atoms with Crippen LogP contribution in [0.3, 0.4) is 0 Å². The van der Waals surface area contributed by atoms with Gasteiger partial charge in [0.2, 0.25) is 5.82 Å². The Balaban J connectivity index is 1.92. The molecule has 2 aromatic heterocycles. The second-order valence-electron chi connectivity index (χ2n) is 5.94. The highest BCUT2D eigenvalue weighted by molar-refractivity contribution is 6.35. The lowest BCUT2D eigenvalue weighted by Crippen LogP contribution is -2.18. The van der Waals surface area contributed by atoms with Gasteiger partial charge in [0.1, 0.15) is 0 Å². The van der Waals surface area contributed by atoms with Crippen LogP contribution in [-0.4, -0.2) is 20.9 Å². The fourth-order valence-corrected chi connectivity index (χ4v) is 3.07. The van der Waals surface area contributed by atoms with Gasteiger partial charge in [-0.2, -0.15) is 0 Å². The van der Waals surface area contributed by atoms with Crippen molar-refractivity contribution in [1.29, 1.82) is 0 Å². The molecule has 2 heterocycles. The van der Waals surface area contributed by atoms with Crippen molar-refractivity contribution < 1.29 is 4.79 Å². The number of anilines is 1. The maximum absolute atomic E-state index is 12.7. The fourth-order valence-electron chi connectivity index (χ4n) is 2.69. The standard InChI is InChI=1S/C19H17Cl2N5O/c1-10-7-13(9-22)24-11(2)17(10)26-19(27)18-23-6-5-16(25-18)14-8-12(20)3-4-15(14)21/h3-8H,9,22H2,1-2H3,(H,26,27). The van der Waals surface area contributed by atoms with Crippen LogP contribution in [0.2, 0.25) is 10.0 Å². The van der Waals surface area contributed by atoms with Gasteiger partial charge >= 0.3 is 0 Å². The predicted molar refractivity (Wildman–Crippen MR) is 107 cm³/mol. The molecule has 27 heavy (non-hydrogen) atoms. The molecule has 3 aromatic rings. The van der Waals surface area contributed by atoms with Crippen molar-refractivity contribution >= 4 is 34.8 Å². The maximum Gasteiger partial charge on any atom is 0.293 e. The van der Waals surface area contributed by atoms with E-state index in [1.54, 1.807) is 24.3 Å². The maximum atomic E-state index is 12.7. The molecule has 0 atom stereocenters. The summed E-state index contributed by atoms with van der Waals surface area (Å²) in [6, 6.07) is 8.57. The number of hydrogen-bond acceptors (Lipinski definition) is 5. The topological polar surface area (TPSA) is 93.8 Å². The van der Waals surface area contributed by atoms with Crippen molar-refractivity contribution in [3.8, 4) is 11.3 Å². The van der Waals surface area contributed by atoms with Gasteiger partial charge in [0.05, 0.1) is 27.8 Å². The number of carbonyl (C=O) groups excluding carboxylic acids is 1. The van der Waals surface area contributed by atoms with E-state index in [0.29, 0.717) is 39.2 Å². The van der Waals surface area contributed by atoms with Crippen LogP contribution < -0.4 is 11.1 Å². The summed E-state index contributed by atoms with van der Waals surface area (Å²) in [5, 5.41) is 3.83. The number of nitrogens with one attached hydrogen (secondary N) is 1. The molecule has 0 bridgehead atoms. The molecule has 3 N–H and O–H groups in total. The second kappa shape index (κ2) is 8.00. The molecule has 0 aliphatic carbocycles. The third-order valence-electron chi connectivity index (χ3n) is 3.96. The van der Waals surface area contributed by atoms with Crippen LogP contribution in [0.1, 0.15) is 27.6 Å². The second-order valence-corrected chi connectivity index (χ2v) is 6.78. The zero-order valence-electron chi connectivity index (χ0n) is 14.8. The van der Waals surface area contributed by atoms with E-state index in [-0.39, 0.29) is 5.82 Å². The molecule has 1 aromatic carbocycles. The van der Waals surface area contributed by atoms with E-state index in [9.17, 15) is 4.79 Å². The summed E-state index contributed by atoms with van der Waals surface area (Å²) in [4.78, 5) is 25.4. The Morgan fingerprint density at radius 1 is 1.15 bits per heavy atom. The third kappa shape index (κ3) is 4.24. The quantitative estimate of drug-likeness (QED) is 0.683. The number of amides is 1. The lowest BCUT2D eigenvalue weighted by atomic mass is 10.1. The zero-order chi connectivity index (χ0) is 19.6. The SMILES string of the molecule is Cc1cc(CN)nc(C)c1NC(=O)c1nccc(-c2cc(Cl)ccc2Cl)n1. The van der Waals surface area contributed by atoms with Gasteiger partial charge in [-0.05, 0) is 49.7 Å². The molecule has 138 valence electrons. The van der Waals surface area contributed by atoms with Crippen molar-refractivity contribution in [2.45, 2.75) is 20.4 Å². The Morgan fingerprint density at radius 3 is 2.63 bits per heavy atom. The van der Waals surface area contributed by atoms with E-state index in [4.69, 9.17) is 28.9 Å². The van der Waals surface area contributed by atoms with Crippen LogP contribution in [-0.2, 0) is 6.54 Å². The number of nitrogens with two attached hydrogens (primary N) is 1. The minimum absolute atomic E-state index is 0.0187. The minimum Gasteiger partial charge on any atom is -0.325 e. The summed E-state index contributed by atoms with van der Waals surface area (Å²) < 4.78 is 0. The molecule has 0 unspecified atom stereocenters. The van der Waals surface area contributed by atoms with Crippen LogP contribution in [0.15, 0.2) is 36.5 Å². The van der Waals surface area contributed by atoms with Gasteiger partial charge in [0.25, 0.3) is 5.91 Å². The van der Waals surface area contributed by atoms with Crippen molar-refractivity contribution in [3.63, 3.8) is 0 Å². The van der Waals surface area contributed by atoms with Crippen LogP contribution in [0.25, 0.3) is 11.3 Å². The van der Waals surface area contributed by atoms with E-state index >= 15 is 0 Å². The third-order valence-corrected chi connectivity index (χ3v) is 4.53. The van der Waals surface area contributed by atoms with E-state index < -0.39 is 5.91 Å². The highest BCUT2D eigenvalue weighted by Gasteiger charge is 2.16. The number of halogens is 2. The van der Waals surface area contributed by atoms with Crippen molar-refractivity contribution in [3.05, 3.63) is 69.3 Å². The molecule has 0 spiro atoms. The molecule has 3 rings (SSSR count). The normalized spacial score (nSPS) is 10.7. The molecule has 8 heteroatoms. The first-order chi connectivity index (χ1) is 12.9. The Hall–Kier alpha value is -2.54. The van der Waals surface area contributed by atoms with E-state index in [2.05, 4.69) is 20.3 Å². The lowest BCUT2D eigenvalue weighted by Gasteiger charge is -2.12. The zero-order valence-corrected chi connectivity index (χ0v) is 16.3. The molecule has 0 fully saturated rings. The largest absolute Gasteiger partial charge is 0.325 e. The Morgan fingerprint density at radius 2 is 1.93 bits per heavy atom. The smallest absolute Gasteiger partial charge is 0.293 e. The lowest BCUT2D eigenvalue weighted by molar-refractivity contribution is 0.101. The Kier molecular flexibility index (Phi) is 5.70. The molecule has 0 aliphatic rings. The van der Waals surface area contributed by atoms with Gasteiger partial charge < -0.3 is 11.1 Å². The summed E-state index contributed by atoms with van der Waals surface area (Å²) >= 11 is 12.3. The first-order valence-electron chi connectivity index (χ1n) is 8.16. The van der Waals surface area contributed by atoms with E-state index in [1.165, 1.54) is 6.20 Å². The first-order valence-corrected chi connectivity index (χ1v) is 8.91. The number of rotatable bonds is 4. The average molecular weight is 402 g/mol. The number of carbonyl (C=O) groups is 1. The van der Waals surface area contributed by atoms with Gasteiger partial charge in [-0.15, -0.1) is 0 Å². The molecule has 0 saturated carbocycles. The molecular formula is C19H17Cl2N5O. The molecular weight excluding hydrogens is 385 g/mol.